The van der Waals surface area contributed by atoms with Crippen LogP contribution in [0.4, 0.5) is 0 Å². The molecule has 2 atom stereocenters. The van der Waals surface area contributed by atoms with Gasteiger partial charge in [-0.05, 0) is 43.1 Å². The summed E-state index contributed by atoms with van der Waals surface area (Å²) in [5, 5.41) is 5.89. The van der Waals surface area contributed by atoms with Gasteiger partial charge in [0.15, 0.2) is 0 Å². The summed E-state index contributed by atoms with van der Waals surface area (Å²) < 4.78 is 5.87. The Morgan fingerprint density at radius 2 is 2.15 bits per heavy atom. The Labute approximate surface area is 160 Å². The van der Waals surface area contributed by atoms with E-state index in [0.29, 0.717) is 30.9 Å². The van der Waals surface area contributed by atoms with Crippen molar-refractivity contribution < 1.29 is 19.1 Å². The van der Waals surface area contributed by atoms with Gasteiger partial charge in [-0.3, -0.25) is 9.59 Å². The van der Waals surface area contributed by atoms with Crippen molar-refractivity contribution >= 4 is 18.1 Å². The van der Waals surface area contributed by atoms with Crippen LogP contribution in [-0.4, -0.2) is 55.3 Å². The number of carbonyl (C=O) groups is 3. The Hall–Kier alpha value is -2.41. The molecule has 0 fully saturated rings. The summed E-state index contributed by atoms with van der Waals surface area (Å²) in [5.41, 5.74) is 1.44. The minimum atomic E-state index is -0.607. The van der Waals surface area contributed by atoms with Crippen molar-refractivity contribution in [3.8, 4) is 5.75 Å². The van der Waals surface area contributed by atoms with Crippen molar-refractivity contribution in [3.63, 3.8) is 0 Å². The van der Waals surface area contributed by atoms with Gasteiger partial charge in [-0.25, -0.2) is 0 Å². The predicted molar refractivity (Wildman–Crippen MR) is 103 cm³/mol. The Kier molecular flexibility index (Phi) is 7.79. The maximum Gasteiger partial charge on any atom is 0.255 e. The number of hydrogen-bond donors (Lipinski definition) is 2. The van der Waals surface area contributed by atoms with Crippen LogP contribution in [0.3, 0.4) is 0 Å². The van der Waals surface area contributed by atoms with Gasteiger partial charge in [0.1, 0.15) is 18.6 Å². The van der Waals surface area contributed by atoms with Gasteiger partial charge in [-0.1, -0.05) is 13.8 Å². The third kappa shape index (κ3) is 5.29. The molecule has 0 spiro atoms. The minimum absolute atomic E-state index is 0.145. The lowest BCUT2D eigenvalue weighted by Crippen LogP contribution is -2.37. The highest BCUT2D eigenvalue weighted by atomic mass is 16.5. The predicted octanol–water partition coefficient (Wildman–Crippen LogP) is 1.50. The highest BCUT2D eigenvalue weighted by molar-refractivity contribution is 5.99. The van der Waals surface area contributed by atoms with Gasteiger partial charge in [0.2, 0.25) is 5.91 Å². The molecule has 2 unspecified atom stereocenters. The van der Waals surface area contributed by atoms with Gasteiger partial charge in [-0.15, -0.1) is 0 Å². The largest absolute Gasteiger partial charge is 0.492 e. The number of amides is 2. The zero-order valence-electron chi connectivity index (χ0n) is 16.3. The molecule has 148 valence electrons. The fraction of sp³-hybridized carbons (Fsp3) is 0.550. The van der Waals surface area contributed by atoms with Gasteiger partial charge in [0.05, 0.1) is 6.04 Å². The molecule has 0 bridgehead atoms. The van der Waals surface area contributed by atoms with Crippen LogP contribution < -0.4 is 15.4 Å². The second kappa shape index (κ2) is 10.1. The van der Waals surface area contributed by atoms with E-state index >= 15 is 0 Å². The van der Waals surface area contributed by atoms with E-state index in [0.717, 1.165) is 24.8 Å². The van der Waals surface area contributed by atoms with E-state index in [1.165, 1.54) is 4.90 Å². The van der Waals surface area contributed by atoms with Crippen LogP contribution in [0, 0.1) is 0 Å². The lowest BCUT2D eigenvalue weighted by molar-refractivity contribution is -0.121. The van der Waals surface area contributed by atoms with E-state index in [4.69, 9.17) is 4.74 Å². The number of likely N-dealkylation sites (N-methyl/N-ethyl adjacent to an activating group) is 1. The SMILES string of the molecule is CCNC(CC)COc1ccc2c(c1)CN(C(C=O)CCC(=O)NC)C2=O. The van der Waals surface area contributed by atoms with E-state index in [9.17, 15) is 14.4 Å². The van der Waals surface area contributed by atoms with E-state index in [1.54, 1.807) is 19.2 Å². The summed E-state index contributed by atoms with van der Waals surface area (Å²) in [6.45, 7) is 5.97. The van der Waals surface area contributed by atoms with Gasteiger partial charge >= 0.3 is 0 Å². The monoisotopic (exact) mass is 375 g/mol. The maximum atomic E-state index is 12.6. The van der Waals surface area contributed by atoms with Crippen LogP contribution in [0.1, 0.15) is 49.0 Å². The van der Waals surface area contributed by atoms with Gasteiger partial charge in [0, 0.05) is 31.6 Å². The van der Waals surface area contributed by atoms with Crippen molar-refractivity contribution in [2.24, 2.45) is 0 Å². The number of aldehydes is 1. The van der Waals surface area contributed by atoms with Crippen LogP contribution in [0.2, 0.25) is 0 Å². The molecule has 0 saturated carbocycles. The summed E-state index contributed by atoms with van der Waals surface area (Å²) in [4.78, 5) is 37.1. The van der Waals surface area contributed by atoms with Gasteiger partial charge in [-0.2, -0.15) is 0 Å². The summed E-state index contributed by atoms with van der Waals surface area (Å²) in [6.07, 6.45) is 2.23. The molecular weight excluding hydrogens is 346 g/mol. The normalized spacial score (nSPS) is 15.2. The van der Waals surface area contributed by atoms with E-state index in [2.05, 4.69) is 24.5 Å². The fourth-order valence-corrected chi connectivity index (χ4v) is 3.19. The number of ether oxygens (including phenoxy) is 1. The molecule has 0 aliphatic carbocycles. The van der Waals surface area contributed by atoms with Crippen LogP contribution in [0.5, 0.6) is 5.75 Å². The van der Waals surface area contributed by atoms with E-state index < -0.39 is 6.04 Å². The molecule has 7 nitrogen and oxygen atoms in total. The van der Waals surface area contributed by atoms with Crippen molar-refractivity contribution in [2.75, 3.05) is 20.2 Å². The summed E-state index contributed by atoms with van der Waals surface area (Å²) in [7, 11) is 1.55. The Morgan fingerprint density at radius 3 is 2.78 bits per heavy atom. The van der Waals surface area contributed by atoms with Crippen LogP contribution in [0.25, 0.3) is 0 Å². The zero-order chi connectivity index (χ0) is 19.8. The first-order valence-corrected chi connectivity index (χ1v) is 9.49. The number of benzene rings is 1. The molecule has 7 heteroatoms. The molecule has 1 aromatic carbocycles. The third-order valence-corrected chi connectivity index (χ3v) is 4.85. The highest BCUT2D eigenvalue weighted by Gasteiger charge is 2.33. The summed E-state index contributed by atoms with van der Waals surface area (Å²) >= 11 is 0. The Balaban J connectivity index is 2.03. The van der Waals surface area contributed by atoms with Crippen LogP contribution in [-0.2, 0) is 16.1 Å². The molecule has 1 aromatic rings. The van der Waals surface area contributed by atoms with Gasteiger partial charge in [0.25, 0.3) is 5.91 Å². The lowest BCUT2D eigenvalue weighted by atomic mass is 10.1. The standard InChI is InChI=1S/C20H29N3O4/c1-4-15(22-5-2)13-27-17-7-8-18-14(10-17)11-23(20(18)26)16(12-24)6-9-19(25)21-3/h7-8,10,12,15-16,22H,4-6,9,11,13H2,1-3H3,(H,21,25). The van der Waals surface area contributed by atoms with Crippen molar-refractivity contribution in [1.82, 2.24) is 15.5 Å². The molecule has 1 aliphatic rings. The molecule has 1 heterocycles. The molecule has 2 amide bonds. The average molecular weight is 375 g/mol. The molecule has 0 radical (unpaired) electrons. The number of fused-ring (bicyclic) bond motifs is 1. The van der Waals surface area contributed by atoms with Crippen LogP contribution in [0.15, 0.2) is 18.2 Å². The number of hydrogen-bond acceptors (Lipinski definition) is 5. The molecule has 1 aliphatic heterocycles. The highest BCUT2D eigenvalue weighted by Crippen LogP contribution is 2.29. The smallest absolute Gasteiger partial charge is 0.255 e. The zero-order valence-corrected chi connectivity index (χ0v) is 16.3. The first kappa shape index (κ1) is 20.9. The second-order valence-electron chi connectivity index (χ2n) is 6.64. The Morgan fingerprint density at radius 1 is 1.37 bits per heavy atom. The van der Waals surface area contributed by atoms with Crippen molar-refractivity contribution in [2.45, 2.75) is 51.7 Å². The molecule has 0 aromatic heterocycles. The van der Waals surface area contributed by atoms with Crippen molar-refractivity contribution in [1.29, 1.82) is 0 Å². The van der Waals surface area contributed by atoms with E-state index in [1.807, 2.05) is 6.07 Å². The molecule has 2 rings (SSSR count). The molecule has 0 saturated heterocycles. The molecule has 2 N–H and O–H groups in total. The molecule has 27 heavy (non-hydrogen) atoms. The van der Waals surface area contributed by atoms with Gasteiger partial charge < -0.3 is 25.1 Å². The minimum Gasteiger partial charge on any atom is -0.492 e. The number of rotatable bonds is 11. The first-order chi connectivity index (χ1) is 13.0. The number of nitrogens with zero attached hydrogens (tertiary/aromatic N) is 1. The Bertz CT molecular complexity index is 677. The topological polar surface area (TPSA) is 87.7 Å². The van der Waals surface area contributed by atoms with Crippen molar-refractivity contribution in [3.05, 3.63) is 29.3 Å². The summed E-state index contributed by atoms with van der Waals surface area (Å²) in [5.74, 6) is 0.394. The summed E-state index contributed by atoms with van der Waals surface area (Å²) in [6, 6.07) is 5.09. The fourth-order valence-electron chi connectivity index (χ4n) is 3.19. The lowest BCUT2D eigenvalue weighted by Gasteiger charge is -2.22. The maximum absolute atomic E-state index is 12.6. The first-order valence-electron chi connectivity index (χ1n) is 9.49. The number of nitrogens with one attached hydrogen (secondary N) is 2. The van der Waals surface area contributed by atoms with Crippen LogP contribution >= 0.6 is 0 Å². The average Bonchev–Trinajstić information content (AvgIpc) is 3.01. The second-order valence-corrected chi connectivity index (χ2v) is 6.64. The third-order valence-electron chi connectivity index (χ3n) is 4.85. The van der Waals surface area contributed by atoms with E-state index in [-0.39, 0.29) is 24.3 Å². The molecular formula is C20H29N3O4. The quantitative estimate of drug-likeness (QED) is 0.573. The number of carbonyl (C=O) groups excluding carboxylic acids is 3.